The van der Waals surface area contributed by atoms with Crippen molar-refractivity contribution in [3.05, 3.63) is 104 Å². The summed E-state index contributed by atoms with van der Waals surface area (Å²) in [6.07, 6.45) is 1.51. The highest BCUT2D eigenvalue weighted by atomic mass is 35.5. The van der Waals surface area contributed by atoms with Gasteiger partial charge in [-0.15, -0.1) is 0 Å². The van der Waals surface area contributed by atoms with Gasteiger partial charge in [0.25, 0.3) is 5.69 Å². The number of cyclic esters (lactones) is 1. The van der Waals surface area contributed by atoms with Gasteiger partial charge in [0.1, 0.15) is 6.61 Å². The SMILES string of the molecule is CCOc1cc(/C=C2\N=C(c3cccc([N+](=O)[O-])c3)OC2=O)cc(Cl)c1OCc1cccc(C)c1. The fourth-order valence-electron chi connectivity index (χ4n) is 3.47. The zero-order valence-corrected chi connectivity index (χ0v) is 19.7. The maximum Gasteiger partial charge on any atom is 0.363 e. The molecule has 0 aromatic heterocycles. The van der Waals surface area contributed by atoms with E-state index < -0.39 is 10.9 Å². The minimum absolute atomic E-state index is 0.0146. The number of hydrogen-bond acceptors (Lipinski definition) is 7. The van der Waals surface area contributed by atoms with Crippen LogP contribution in [0.4, 0.5) is 5.69 Å². The van der Waals surface area contributed by atoms with Crippen molar-refractivity contribution in [2.75, 3.05) is 6.61 Å². The van der Waals surface area contributed by atoms with Crippen LogP contribution >= 0.6 is 11.6 Å². The lowest BCUT2D eigenvalue weighted by Gasteiger charge is -2.15. The number of nitrogens with zero attached hydrogens (tertiary/aromatic N) is 2. The van der Waals surface area contributed by atoms with Crippen LogP contribution in [0.5, 0.6) is 11.5 Å². The van der Waals surface area contributed by atoms with Crippen molar-refractivity contribution in [2.45, 2.75) is 20.5 Å². The topological polar surface area (TPSA) is 100 Å². The lowest BCUT2D eigenvalue weighted by Crippen LogP contribution is -2.05. The average molecular weight is 493 g/mol. The van der Waals surface area contributed by atoms with Crippen LogP contribution in [-0.2, 0) is 16.1 Å². The molecular formula is C26H21ClN2O6. The maximum atomic E-state index is 12.4. The molecule has 0 aliphatic carbocycles. The highest BCUT2D eigenvalue weighted by Crippen LogP contribution is 2.38. The molecule has 0 unspecified atom stereocenters. The first-order chi connectivity index (χ1) is 16.8. The number of nitro benzene ring substituents is 1. The fourth-order valence-corrected chi connectivity index (χ4v) is 3.75. The third-order valence-electron chi connectivity index (χ3n) is 5.03. The van der Waals surface area contributed by atoms with Crippen molar-refractivity contribution in [1.82, 2.24) is 0 Å². The van der Waals surface area contributed by atoms with Crippen LogP contribution in [0.1, 0.15) is 29.2 Å². The number of halogens is 1. The standard InChI is InChI=1S/C26H21ClN2O6/c1-3-33-23-13-18(11-21(27)24(23)34-15-17-7-4-6-16(2)10-17)12-22-26(30)35-25(28-22)19-8-5-9-20(14-19)29(31)32/h4-14H,3,15H2,1-2H3/b22-12-. The quantitative estimate of drug-likeness (QED) is 0.168. The molecule has 1 aliphatic rings. The third kappa shape index (κ3) is 5.67. The molecule has 0 spiro atoms. The number of carbonyl (C=O) groups excluding carboxylic acids is 1. The Balaban J connectivity index is 1.62. The minimum Gasteiger partial charge on any atom is -0.490 e. The summed E-state index contributed by atoms with van der Waals surface area (Å²) in [4.78, 5) is 27.1. The summed E-state index contributed by atoms with van der Waals surface area (Å²) in [6.45, 7) is 4.54. The van der Waals surface area contributed by atoms with E-state index >= 15 is 0 Å². The summed E-state index contributed by atoms with van der Waals surface area (Å²) in [5.74, 6) is 0.125. The van der Waals surface area contributed by atoms with Crippen LogP contribution in [0.25, 0.3) is 6.08 Å². The monoisotopic (exact) mass is 492 g/mol. The van der Waals surface area contributed by atoms with E-state index in [1.165, 1.54) is 24.3 Å². The molecule has 9 heteroatoms. The number of aryl methyl sites for hydroxylation is 1. The lowest BCUT2D eigenvalue weighted by molar-refractivity contribution is -0.384. The molecule has 1 heterocycles. The number of hydrogen-bond donors (Lipinski definition) is 0. The van der Waals surface area contributed by atoms with Crippen molar-refractivity contribution in [1.29, 1.82) is 0 Å². The molecule has 35 heavy (non-hydrogen) atoms. The molecule has 0 bridgehead atoms. The van der Waals surface area contributed by atoms with E-state index in [0.717, 1.165) is 11.1 Å². The summed E-state index contributed by atoms with van der Waals surface area (Å²) >= 11 is 6.51. The predicted octanol–water partition coefficient (Wildman–Crippen LogP) is 5.88. The van der Waals surface area contributed by atoms with Crippen molar-refractivity contribution >= 4 is 35.2 Å². The summed E-state index contributed by atoms with van der Waals surface area (Å²) in [7, 11) is 0. The first-order valence-corrected chi connectivity index (χ1v) is 11.1. The molecule has 3 aromatic carbocycles. The number of ether oxygens (including phenoxy) is 3. The van der Waals surface area contributed by atoms with Crippen molar-refractivity contribution < 1.29 is 23.9 Å². The lowest BCUT2D eigenvalue weighted by atomic mass is 10.1. The number of esters is 1. The van der Waals surface area contributed by atoms with E-state index in [-0.39, 0.29) is 17.3 Å². The summed E-state index contributed by atoms with van der Waals surface area (Å²) in [6, 6.07) is 17.0. The van der Waals surface area contributed by atoms with Crippen LogP contribution in [0.3, 0.4) is 0 Å². The molecule has 8 nitrogen and oxygen atoms in total. The number of benzene rings is 3. The normalized spacial score (nSPS) is 14.0. The zero-order valence-electron chi connectivity index (χ0n) is 19.0. The van der Waals surface area contributed by atoms with E-state index in [2.05, 4.69) is 4.99 Å². The molecule has 0 fully saturated rings. The molecule has 0 saturated heterocycles. The van der Waals surface area contributed by atoms with E-state index in [1.807, 2.05) is 38.1 Å². The summed E-state index contributed by atoms with van der Waals surface area (Å²) in [5, 5.41) is 11.3. The van der Waals surface area contributed by atoms with Gasteiger partial charge in [0.05, 0.1) is 16.6 Å². The zero-order chi connectivity index (χ0) is 24.9. The molecule has 4 rings (SSSR count). The van der Waals surface area contributed by atoms with Gasteiger partial charge in [0, 0.05) is 17.7 Å². The molecular weight excluding hydrogens is 472 g/mol. The van der Waals surface area contributed by atoms with E-state index in [9.17, 15) is 14.9 Å². The fraction of sp³-hybridized carbons (Fsp3) is 0.154. The Morgan fingerprint density at radius 2 is 1.91 bits per heavy atom. The van der Waals surface area contributed by atoms with Gasteiger partial charge >= 0.3 is 5.97 Å². The Labute approximate surface area is 206 Å². The number of aliphatic imine (C=N–C) groups is 1. The predicted molar refractivity (Wildman–Crippen MR) is 132 cm³/mol. The Hall–Kier alpha value is -4.17. The second-order valence-corrected chi connectivity index (χ2v) is 8.09. The molecule has 0 radical (unpaired) electrons. The molecule has 0 N–H and O–H groups in total. The molecule has 0 saturated carbocycles. The van der Waals surface area contributed by atoms with Crippen molar-refractivity contribution in [3.8, 4) is 11.5 Å². The van der Waals surface area contributed by atoms with E-state index in [4.69, 9.17) is 25.8 Å². The van der Waals surface area contributed by atoms with Crippen LogP contribution in [0.2, 0.25) is 5.02 Å². The van der Waals surface area contributed by atoms with E-state index in [0.29, 0.717) is 40.9 Å². The van der Waals surface area contributed by atoms with Crippen molar-refractivity contribution in [3.63, 3.8) is 0 Å². The highest BCUT2D eigenvalue weighted by molar-refractivity contribution is 6.32. The number of carbonyl (C=O) groups is 1. The largest absolute Gasteiger partial charge is 0.490 e. The van der Waals surface area contributed by atoms with Gasteiger partial charge in [0.2, 0.25) is 5.90 Å². The van der Waals surface area contributed by atoms with Gasteiger partial charge in [-0.3, -0.25) is 10.1 Å². The van der Waals surface area contributed by atoms with Crippen LogP contribution in [0, 0.1) is 17.0 Å². The second kappa shape index (κ2) is 10.4. The average Bonchev–Trinajstić information content (AvgIpc) is 3.19. The third-order valence-corrected chi connectivity index (χ3v) is 5.31. The second-order valence-electron chi connectivity index (χ2n) is 7.68. The van der Waals surface area contributed by atoms with Crippen LogP contribution in [-0.4, -0.2) is 23.4 Å². The Morgan fingerprint density at radius 3 is 2.66 bits per heavy atom. The van der Waals surface area contributed by atoms with Gasteiger partial charge in [-0.05, 0) is 49.2 Å². The molecule has 0 atom stereocenters. The number of nitro groups is 1. The molecule has 178 valence electrons. The van der Waals surface area contributed by atoms with Crippen molar-refractivity contribution in [2.24, 2.45) is 4.99 Å². The van der Waals surface area contributed by atoms with Gasteiger partial charge in [0.15, 0.2) is 17.2 Å². The summed E-state index contributed by atoms with van der Waals surface area (Å²) in [5.41, 5.74) is 2.89. The maximum absolute atomic E-state index is 12.4. The van der Waals surface area contributed by atoms with Gasteiger partial charge < -0.3 is 14.2 Å². The molecule has 0 amide bonds. The smallest absolute Gasteiger partial charge is 0.363 e. The van der Waals surface area contributed by atoms with Crippen LogP contribution < -0.4 is 9.47 Å². The molecule has 1 aliphatic heterocycles. The minimum atomic E-state index is -0.680. The Bertz CT molecular complexity index is 1370. The van der Waals surface area contributed by atoms with Gasteiger partial charge in [-0.1, -0.05) is 47.5 Å². The van der Waals surface area contributed by atoms with Gasteiger partial charge in [-0.25, -0.2) is 9.79 Å². The summed E-state index contributed by atoms with van der Waals surface area (Å²) < 4.78 is 16.9. The Kier molecular flexibility index (Phi) is 7.12. The van der Waals surface area contributed by atoms with Crippen LogP contribution in [0.15, 0.2) is 71.4 Å². The highest BCUT2D eigenvalue weighted by Gasteiger charge is 2.25. The molecule has 3 aromatic rings. The van der Waals surface area contributed by atoms with E-state index in [1.54, 1.807) is 18.2 Å². The number of rotatable bonds is 8. The van der Waals surface area contributed by atoms with Gasteiger partial charge in [-0.2, -0.15) is 0 Å². The first-order valence-electron chi connectivity index (χ1n) is 10.8. The Morgan fingerprint density at radius 1 is 1.11 bits per heavy atom. The first kappa shape index (κ1) is 24.0. The number of non-ortho nitro benzene ring substituents is 1.